The average Bonchev–Trinajstić information content (AvgIpc) is 3.34. The van der Waals surface area contributed by atoms with Crippen molar-refractivity contribution < 1.29 is 23.9 Å². The summed E-state index contributed by atoms with van der Waals surface area (Å²) < 4.78 is 11.7. The molecule has 3 heterocycles. The van der Waals surface area contributed by atoms with Gasteiger partial charge in [0.1, 0.15) is 11.3 Å². The Labute approximate surface area is 225 Å². The Morgan fingerprint density at radius 1 is 0.897 bits per heavy atom. The number of aromatic nitrogens is 3. The maximum atomic E-state index is 13.1. The van der Waals surface area contributed by atoms with Crippen molar-refractivity contribution in [3.63, 3.8) is 0 Å². The van der Waals surface area contributed by atoms with Crippen molar-refractivity contribution >= 4 is 34.8 Å². The van der Waals surface area contributed by atoms with Gasteiger partial charge >= 0.3 is 18.0 Å². The molecule has 1 N–H and O–H groups in total. The molecule has 0 bridgehead atoms. The molecular formula is C28H28N6O5. The zero-order chi connectivity index (χ0) is 27.4. The van der Waals surface area contributed by atoms with Crippen LogP contribution in [0.25, 0.3) is 16.9 Å². The third kappa shape index (κ3) is 5.43. The summed E-state index contributed by atoms with van der Waals surface area (Å²) in [4.78, 5) is 50.6. The average molecular weight is 529 g/mol. The van der Waals surface area contributed by atoms with Crippen LogP contribution in [0.15, 0.2) is 66.9 Å². The second kappa shape index (κ2) is 11.3. The highest BCUT2D eigenvalue weighted by atomic mass is 16.5. The minimum absolute atomic E-state index is 0.144. The molecular weight excluding hydrogens is 500 g/mol. The van der Waals surface area contributed by atoms with Crippen LogP contribution >= 0.6 is 0 Å². The third-order valence-corrected chi connectivity index (χ3v) is 6.61. The second-order valence-corrected chi connectivity index (χ2v) is 8.98. The molecule has 11 heteroatoms. The number of fused-ring (bicyclic) bond motifs is 1. The fourth-order valence-electron chi connectivity index (χ4n) is 4.60. The molecule has 1 saturated heterocycles. The number of carbonyl (C=O) groups excluding carboxylic acids is 3. The molecule has 0 saturated carbocycles. The summed E-state index contributed by atoms with van der Waals surface area (Å²) in [5.41, 5.74) is 3.15. The maximum Gasteiger partial charge on any atom is 0.339 e. The van der Waals surface area contributed by atoms with E-state index in [1.807, 2.05) is 42.5 Å². The van der Waals surface area contributed by atoms with Crippen LogP contribution in [0, 0.1) is 0 Å². The SMILES string of the molecule is COC(=O)c1ccc(C(=O)OC)c(NC(=O)N2CCN(Cc3nc4cccnc4n3-c3ccccc3)CC2)c1. The maximum absolute atomic E-state index is 13.1. The molecule has 4 aromatic rings. The van der Waals surface area contributed by atoms with E-state index in [4.69, 9.17) is 14.5 Å². The van der Waals surface area contributed by atoms with Gasteiger partial charge < -0.3 is 19.7 Å². The van der Waals surface area contributed by atoms with E-state index in [1.165, 1.54) is 32.4 Å². The predicted octanol–water partition coefficient (Wildman–Crippen LogP) is 3.34. The van der Waals surface area contributed by atoms with Crippen molar-refractivity contribution in [3.05, 3.63) is 83.8 Å². The number of benzene rings is 2. The molecule has 0 atom stereocenters. The standard InChI is InChI=1S/C28H28N6O5/c1-38-26(35)19-10-11-21(27(36)39-2)23(17-19)31-28(37)33-15-13-32(14-16-33)18-24-30-22-9-6-12-29-25(22)34(24)20-7-4-3-5-8-20/h3-12,17H,13-16,18H2,1-2H3,(H,31,37). The number of hydrogen-bond acceptors (Lipinski definition) is 8. The highest BCUT2D eigenvalue weighted by molar-refractivity contribution is 6.03. The number of nitrogens with one attached hydrogen (secondary N) is 1. The van der Waals surface area contributed by atoms with Gasteiger partial charge in [0.25, 0.3) is 0 Å². The lowest BCUT2D eigenvalue weighted by atomic mass is 10.1. The Morgan fingerprint density at radius 2 is 1.64 bits per heavy atom. The lowest BCUT2D eigenvalue weighted by Gasteiger charge is -2.34. The summed E-state index contributed by atoms with van der Waals surface area (Å²) in [6.07, 6.45) is 1.76. The van der Waals surface area contributed by atoms with Gasteiger partial charge in [-0.15, -0.1) is 0 Å². The number of piperazine rings is 1. The van der Waals surface area contributed by atoms with Gasteiger partial charge in [-0.3, -0.25) is 9.47 Å². The number of rotatable bonds is 6. The minimum Gasteiger partial charge on any atom is -0.465 e. The molecule has 5 rings (SSSR count). The highest BCUT2D eigenvalue weighted by Gasteiger charge is 2.25. The number of methoxy groups -OCH3 is 2. The number of esters is 2. The first-order valence-electron chi connectivity index (χ1n) is 12.4. The zero-order valence-corrected chi connectivity index (χ0v) is 21.7. The molecule has 11 nitrogen and oxygen atoms in total. The predicted molar refractivity (Wildman–Crippen MR) is 144 cm³/mol. The van der Waals surface area contributed by atoms with E-state index in [0.717, 1.165) is 22.7 Å². The van der Waals surface area contributed by atoms with Crippen molar-refractivity contribution in [2.45, 2.75) is 6.54 Å². The van der Waals surface area contributed by atoms with Crippen LogP contribution in [-0.2, 0) is 16.0 Å². The van der Waals surface area contributed by atoms with Crippen LogP contribution in [-0.4, -0.2) is 82.7 Å². The smallest absolute Gasteiger partial charge is 0.339 e. The fourth-order valence-corrected chi connectivity index (χ4v) is 4.60. The number of carbonyl (C=O) groups is 3. The lowest BCUT2D eigenvalue weighted by Crippen LogP contribution is -2.49. The number of hydrogen-bond donors (Lipinski definition) is 1. The van der Waals surface area contributed by atoms with E-state index < -0.39 is 11.9 Å². The van der Waals surface area contributed by atoms with E-state index in [2.05, 4.69) is 19.8 Å². The van der Waals surface area contributed by atoms with Crippen molar-refractivity contribution in [1.82, 2.24) is 24.3 Å². The molecule has 200 valence electrons. The van der Waals surface area contributed by atoms with Crippen LogP contribution in [0.3, 0.4) is 0 Å². The van der Waals surface area contributed by atoms with Gasteiger partial charge in [-0.1, -0.05) is 18.2 Å². The van der Waals surface area contributed by atoms with E-state index in [-0.39, 0.29) is 22.8 Å². The van der Waals surface area contributed by atoms with Gasteiger partial charge in [-0.2, -0.15) is 0 Å². The molecule has 0 aliphatic carbocycles. The van der Waals surface area contributed by atoms with Gasteiger partial charge in [-0.05, 0) is 42.5 Å². The van der Waals surface area contributed by atoms with Crippen molar-refractivity contribution in [1.29, 1.82) is 0 Å². The largest absolute Gasteiger partial charge is 0.465 e. The summed E-state index contributed by atoms with van der Waals surface area (Å²) >= 11 is 0. The molecule has 39 heavy (non-hydrogen) atoms. The van der Waals surface area contributed by atoms with Crippen molar-refractivity contribution in [2.75, 3.05) is 45.7 Å². The molecule has 2 aromatic heterocycles. The van der Waals surface area contributed by atoms with Crippen LogP contribution in [0.5, 0.6) is 0 Å². The molecule has 0 spiro atoms. The Bertz CT molecular complexity index is 1510. The molecule has 1 aliphatic heterocycles. The summed E-state index contributed by atoms with van der Waals surface area (Å²) in [5.74, 6) is -0.329. The minimum atomic E-state index is -0.623. The topological polar surface area (TPSA) is 119 Å². The molecule has 1 aliphatic rings. The second-order valence-electron chi connectivity index (χ2n) is 8.98. The Kier molecular flexibility index (Phi) is 7.50. The quantitative estimate of drug-likeness (QED) is 0.379. The fraction of sp³-hybridized carbons (Fsp3) is 0.250. The number of nitrogens with zero attached hydrogens (tertiary/aromatic N) is 5. The number of para-hydroxylation sites is 1. The number of amides is 2. The first-order valence-corrected chi connectivity index (χ1v) is 12.4. The first-order chi connectivity index (χ1) is 19.0. The number of imidazole rings is 1. The van der Waals surface area contributed by atoms with Crippen molar-refractivity contribution in [2.24, 2.45) is 0 Å². The third-order valence-electron chi connectivity index (χ3n) is 6.61. The van der Waals surface area contributed by atoms with Gasteiger partial charge in [0.2, 0.25) is 0 Å². The number of urea groups is 1. The Morgan fingerprint density at radius 3 is 2.36 bits per heavy atom. The van der Waals surface area contributed by atoms with Gasteiger partial charge in [-0.25, -0.2) is 24.4 Å². The zero-order valence-electron chi connectivity index (χ0n) is 21.7. The van der Waals surface area contributed by atoms with Gasteiger partial charge in [0.15, 0.2) is 5.65 Å². The molecule has 0 unspecified atom stereocenters. The normalized spacial score (nSPS) is 13.7. The van der Waals surface area contributed by atoms with E-state index in [1.54, 1.807) is 11.1 Å². The van der Waals surface area contributed by atoms with Crippen LogP contribution in [0.1, 0.15) is 26.5 Å². The highest BCUT2D eigenvalue weighted by Crippen LogP contribution is 2.23. The summed E-state index contributed by atoms with van der Waals surface area (Å²) in [7, 11) is 2.52. The van der Waals surface area contributed by atoms with E-state index in [9.17, 15) is 14.4 Å². The molecule has 1 fully saturated rings. The Balaban J connectivity index is 1.28. The summed E-state index contributed by atoms with van der Waals surface area (Å²) in [5, 5.41) is 2.76. The van der Waals surface area contributed by atoms with Crippen LogP contribution in [0.2, 0.25) is 0 Å². The molecule has 2 amide bonds. The van der Waals surface area contributed by atoms with E-state index >= 15 is 0 Å². The molecule has 2 aromatic carbocycles. The summed E-state index contributed by atoms with van der Waals surface area (Å²) in [6, 6.07) is 17.7. The Hall–Kier alpha value is -4.77. The van der Waals surface area contributed by atoms with Crippen LogP contribution < -0.4 is 5.32 Å². The van der Waals surface area contributed by atoms with E-state index in [0.29, 0.717) is 32.7 Å². The monoisotopic (exact) mass is 528 g/mol. The van der Waals surface area contributed by atoms with Gasteiger partial charge in [0, 0.05) is 38.1 Å². The van der Waals surface area contributed by atoms with Crippen molar-refractivity contribution in [3.8, 4) is 5.69 Å². The number of pyridine rings is 1. The number of ether oxygens (including phenoxy) is 2. The summed E-state index contributed by atoms with van der Waals surface area (Å²) in [6.45, 7) is 2.80. The van der Waals surface area contributed by atoms with Gasteiger partial charge in [0.05, 0.1) is 37.6 Å². The van der Waals surface area contributed by atoms with Crippen LogP contribution in [0.4, 0.5) is 10.5 Å². The first kappa shape index (κ1) is 25.9. The molecule has 0 radical (unpaired) electrons. The number of anilines is 1. The lowest BCUT2D eigenvalue weighted by molar-refractivity contribution is 0.0587.